The molecule has 0 unspecified atom stereocenters. The van der Waals surface area contributed by atoms with E-state index >= 15 is 0 Å². The van der Waals surface area contributed by atoms with Crippen molar-refractivity contribution in [2.75, 3.05) is 39.3 Å². The smallest absolute Gasteiger partial charge is 0.243 e. The molecule has 9 heteroatoms. The Morgan fingerprint density at radius 3 is 2.15 bits per heavy atom. The van der Waals surface area contributed by atoms with Crippen molar-refractivity contribution in [1.29, 1.82) is 0 Å². The zero-order chi connectivity index (χ0) is 19.4. The summed E-state index contributed by atoms with van der Waals surface area (Å²) in [7, 11) is -3.49. The summed E-state index contributed by atoms with van der Waals surface area (Å²) in [5, 5.41) is 1.55. The first-order valence-electron chi connectivity index (χ1n) is 8.42. The van der Waals surface area contributed by atoms with Gasteiger partial charge in [-0.2, -0.15) is 4.31 Å². The summed E-state index contributed by atoms with van der Waals surface area (Å²) < 4.78 is 32.6. The zero-order valence-corrected chi connectivity index (χ0v) is 17.5. The van der Waals surface area contributed by atoms with E-state index in [-0.39, 0.29) is 4.90 Å². The van der Waals surface area contributed by atoms with Crippen LogP contribution < -0.4 is 4.74 Å². The Morgan fingerprint density at radius 2 is 1.52 bits per heavy atom. The SMILES string of the molecule is O=S(=O)(c1ccc(Cl)cc1)N1CCN(CCOc2ccc(Cl)cc2Cl)CC1. The second kappa shape index (κ2) is 8.99. The molecule has 0 saturated carbocycles. The van der Waals surface area contributed by atoms with Gasteiger partial charge in [-0.25, -0.2) is 8.42 Å². The van der Waals surface area contributed by atoms with Gasteiger partial charge < -0.3 is 4.74 Å². The molecule has 0 bridgehead atoms. The second-order valence-electron chi connectivity index (χ2n) is 6.12. The number of benzene rings is 2. The van der Waals surface area contributed by atoms with Crippen LogP contribution in [0, 0.1) is 0 Å². The Morgan fingerprint density at radius 1 is 0.889 bits per heavy atom. The van der Waals surface area contributed by atoms with Crippen LogP contribution in [-0.2, 0) is 10.0 Å². The summed E-state index contributed by atoms with van der Waals surface area (Å²) in [5.41, 5.74) is 0. The van der Waals surface area contributed by atoms with Crippen LogP contribution in [0.4, 0.5) is 0 Å². The van der Waals surface area contributed by atoms with Crippen LogP contribution in [-0.4, -0.2) is 57.0 Å². The van der Waals surface area contributed by atoms with E-state index in [1.54, 1.807) is 30.3 Å². The third-order valence-corrected chi connectivity index (χ3v) is 7.04. The van der Waals surface area contributed by atoms with Crippen LogP contribution in [0.5, 0.6) is 5.75 Å². The lowest BCUT2D eigenvalue weighted by atomic mass is 10.3. The van der Waals surface area contributed by atoms with Crippen molar-refractivity contribution >= 4 is 44.8 Å². The highest BCUT2D eigenvalue weighted by Gasteiger charge is 2.28. The van der Waals surface area contributed by atoms with E-state index in [4.69, 9.17) is 39.5 Å². The lowest BCUT2D eigenvalue weighted by Crippen LogP contribution is -2.49. The average molecular weight is 450 g/mol. The topological polar surface area (TPSA) is 49.9 Å². The van der Waals surface area contributed by atoms with Crippen molar-refractivity contribution < 1.29 is 13.2 Å². The molecule has 1 saturated heterocycles. The van der Waals surface area contributed by atoms with Gasteiger partial charge >= 0.3 is 0 Å². The molecule has 27 heavy (non-hydrogen) atoms. The largest absolute Gasteiger partial charge is 0.491 e. The monoisotopic (exact) mass is 448 g/mol. The summed E-state index contributed by atoms with van der Waals surface area (Å²) in [4.78, 5) is 2.43. The summed E-state index contributed by atoms with van der Waals surface area (Å²) in [6.45, 7) is 3.31. The van der Waals surface area contributed by atoms with Gasteiger partial charge in [0.05, 0.1) is 9.92 Å². The number of sulfonamides is 1. The fourth-order valence-corrected chi connectivity index (χ4v) is 4.84. The van der Waals surface area contributed by atoms with Gasteiger partial charge in [0.1, 0.15) is 12.4 Å². The first kappa shape index (κ1) is 20.7. The van der Waals surface area contributed by atoms with Crippen molar-refractivity contribution in [3.63, 3.8) is 0 Å². The van der Waals surface area contributed by atoms with Crippen LogP contribution in [0.1, 0.15) is 0 Å². The first-order chi connectivity index (χ1) is 12.9. The number of nitrogens with zero attached hydrogens (tertiary/aromatic N) is 2. The maximum atomic E-state index is 12.7. The molecule has 2 aromatic rings. The summed E-state index contributed by atoms with van der Waals surface area (Å²) in [6, 6.07) is 11.3. The maximum Gasteiger partial charge on any atom is 0.243 e. The molecule has 1 aliphatic rings. The van der Waals surface area contributed by atoms with Crippen LogP contribution >= 0.6 is 34.8 Å². The van der Waals surface area contributed by atoms with Crippen molar-refractivity contribution in [3.05, 3.63) is 57.5 Å². The summed E-state index contributed by atoms with van der Waals surface area (Å²) in [5.74, 6) is 0.588. The number of halogens is 3. The third-order valence-electron chi connectivity index (χ3n) is 4.34. The molecule has 0 N–H and O–H groups in total. The first-order valence-corrected chi connectivity index (χ1v) is 11.0. The fourth-order valence-electron chi connectivity index (χ4n) is 2.83. The number of rotatable bonds is 6. The molecule has 5 nitrogen and oxygen atoms in total. The number of hydrogen-bond donors (Lipinski definition) is 0. The molecule has 0 spiro atoms. The van der Waals surface area contributed by atoms with Crippen molar-refractivity contribution in [1.82, 2.24) is 9.21 Å². The van der Waals surface area contributed by atoms with Gasteiger partial charge in [-0.15, -0.1) is 0 Å². The van der Waals surface area contributed by atoms with E-state index in [1.807, 2.05) is 0 Å². The summed E-state index contributed by atoms with van der Waals surface area (Å²) in [6.07, 6.45) is 0. The predicted octanol–water partition coefficient (Wildman–Crippen LogP) is 4.03. The molecule has 1 fully saturated rings. The number of ether oxygens (including phenoxy) is 1. The quantitative estimate of drug-likeness (QED) is 0.668. The fraction of sp³-hybridized carbons (Fsp3) is 0.333. The van der Waals surface area contributed by atoms with Crippen molar-refractivity contribution in [2.24, 2.45) is 0 Å². The van der Waals surface area contributed by atoms with Gasteiger partial charge in [0.25, 0.3) is 0 Å². The molecule has 2 aromatic carbocycles. The molecule has 0 aromatic heterocycles. The molecule has 1 aliphatic heterocycles. The molecule has 0 aliphatic carbocycles. The van der Waals surface area contributed by atoms with Crippen LogP contribution in [0.2, 0.25) is 15.1 Å². The normalized spacial score (nSPS) is 16.4. The minimum absolute atomic E-state index is 0.265. The van der Waals surface area contributed by atoms with E-state index in [2.05, 4.69) is 4.90 Å². The maximum absolute atomic E-state index is 12.7. The van der Waals surface area contributed by atoms with Crippen LogP contribution in [0.25, 0.3) is 0 Å². The Kier molecular flexibility index (Phi) is 6.89. The second-order valence-corrected chi connectivity index (χ2v) is 9.34. The van der Waals surface area contributed by atoms with E-state index in [0.29, 0.717) is 60.1 Å². The standard InChI is InChI=1S/C18H19Cl3N2O3S/c19-14-1-4-16(5-2-14)27(24,25)23-9-7-22(8-10-23)11-12-26-18-6-3-15(20)13-17(18)21/h1-6,13H,7-12H2. The minimum Gasteiger partial charge on any atom is -0.491 e. The van der Waals surface area contributed by atoms with Gasteiger partial charge in [-0.1, -0.05) is 34.8 Å². The molecular formula is C18H19Cl3N2O3S. The molecule has 0 atom stereocenters. The van der Waals surface area contributed by atoms with E-state index in [1.165, 1.54) is 16.4 Å². The highest BCUT2D eigenvalue weighted by Crippen LogP contribution is 2.27. The zero-order valence-electron chi connectivity index (χ0n) is 14.4. The minimum atomic E-state index is -3.49. The Bertz CT molecular complexity index is 883. The van der Waals surface area contributed by atoms with Gasteiger partial charge in [-0.05, 0) is 42.5 Å². The van der Waals surface area contributed by atoms with Crippen molar-refractivity contribution in [3.8, 4) is 5.75 Å². The van der Waals surface area contributed by atoms with E-state index in [9.17, 15) is 8.42 Å². The van der Waals surface area contributed by atoms with E-state index in [0.717, 1.165) is 0 Å². The molecule has 1 heterocycles. The van der Waals surface area contributed by atoms with E-state index < -0.39 is 10.0 Å². The molecule has 3 rings (SSSR count). The molecule has 146 valence electrons. The Labute approximate surface area is 174 Å². The van der Waals surface area contributed by atoms with Gasteiger partial charge in [0.15, 0.2) is 0 Å². The van der Waals surface area contributed by atoms with Crippen LogP contribution in [0.15, 0.2) is 47.4 Å². The molecular weight excluding hydrogens is 431 g/mol. The number of piperazine rings is 1. The summed E-state index contributed by atoms with van der Waals surface area (Å²) >= 11 is 17.8. The van der Waals surface area contributed by atoms with Gasteiger partial charge in [0.2, 0.25) is 10.0 Å². The number of hydrogen-bond acceptors (Lipinski definition) is 4. The molecule has 0 amide bonds. The lowest BCUT2D eigenvalue weighted by Gasteiger charge is -2.33. The van der Waals surface area contributed by atoms with Gasteiger partial charge in [0, 0.05) is 42.8 Å². The highest BCUT2D eigenvalue weighted by molar-refractivity contribution is 7.89. The van der Waals surface area contributed by atoms with Gasteiger partial charge in [-0.3, -0.25) is 4.90 Å². The Hall–Kier alpha value is -1.02. The predicted molar refractivity (Wildman–Crippen MR) is 109 cm³/mol. The Balaban J connectivity index is 1.49. The molecule has 0 radical (unpaired) electrons. The van der Waals surface area contributed by atoms with Crippen molar-refractivity contribution in [2.45, 2.75) is 4.90 Å². The highest BCUT2D eigenvalue weighted by atomic mass is 35.5. The average Bonchev–Trinajstić information content (AvgIpc) is 2.64. The van der Waals surface area contributed by atoms with Crippen LogP contribution in [0.3, 0.4) is 0 Å². The lowest BCUT2D eigenvalue weighted by molar-refractivity contribution is 0.159. The third kappa shape index (κ3) is 5.28.